The number of nitrogens with one attached hydrogen (secondary N) is 2. The second-order valence-corrected chi connectivity index (χ2v) is 3.42. The van der Waals surface area contributed by atoms with Gasteiger partial charge in [-0.05, 0) is 25.5 Å². The molecule has 1 aliphatic heterocycles. The first-order chi connectivity index (χ1) is 5.77. The molecule has 0 bridgehead atoms. The van der Waals surface area contributed by atoms with Crippen molar-refractivity contribution in [2.45, 2.75) is 19.9 Å². The highest BCUT2D eigenvalue weighted by molar-refractivity contribution is 5.74. The second kappa shape index (κ2) is 2.70. The first-order valence-corrected chi connectivity index (χ1v) is 4.37. The van der Waals surface area contributed by atoms with Gasteiger partial charge in [-0.25, -0.2) is 0 Å². The fourth-order valence-corrected chi connectivity index (χ4v) is 1.57. The van der Waals surface area contributed by atoms with Crippen LogP contribution in [0.15, 0.2) is 18.2 Å². The number of aryl methyl sites for hydroxylation is 1. The molecular weight excluding hydrogens is 148 g/mol. The number of anilines is 2. The Bertz CT molecular complexity index is 294. The number of hydrogen-bond donors (Lipinski definition) is 2. The van der Waals surface area contributed by atoms with E-state index in [0.29, 0.717) is 6.04 Å². The summed E-state index contributed by atoms with van der Waals surface area (Å²) in [6, 6.07) is 6.85. The largest absolute Gasteiger partial charge is 0.381 e. The van der Waals surface area contributed by atoms with E-state index >= 15 is 0 Å². The molecule has 0 aromatic heterocycles. The van der Waals surface area contributed by atoms with E-state index in [9.17, 15) is 0 Å². The summed E-state index contributed by atoms with van der Waals surface area (Å²) in [5.41, 5.74) is 3.80. The highest BCUT2D eigenvalue weighted by Crippen LogP contribution is 2.28. The minimum atomic E-state index is 0.526. The molecule has 0 radical (unpaired) electrons. The normalized spacial score (nSPS) is 20.7. The average molecular weight is 162 g/mol. The molecule has 0 amide bonds. The van der Waals surface area contributed by atoms with Gasteiger partial charge in [0.2, 0.25) is 0 Å². The van der Waals surface area contributed by atoms with Gasteiger partial charge in [0.1, 0.15) is 0 Å². The van der Waals surface area contributed by atoms with Gasteiger partial charge in [0.25, 0.3) is 0 Å². The molecule has 2 rings (SSSR count). The van der Waals surface area contributed by atoms with Gasteiger partial charge in [0, 0.05) is 12.6 Å². The fourth-order valence-electron chi connectivity index (χ4n) is 1.57. The molecule has 1 aliphatic rings. The maximum Gasteiger partial charge on any atom is 0.0608 e. The monoisotopic (exact) mass is 162 g/mol. The second-order valence-electron chi connectivity index (χ2n) is 3.42. The van der Waals surface area contributed by atoms with Gasteiger partial charge in [-0.15, -0.1) is 0 Å². The van der Waals surface area contributed by atoms with Crippen LogP contribution in [0, 0.1) is 6.92 Å². The number of rotatable bonds is 0. The van der Waals surface area contributed by atoms with Crippen LogP contribution in [0.5, 0.6) is 0 Å². The van der Waals surface area contributed by atoms with Crippen LogP contribution in [0.2, 0.25) is 0 Å². The molecule has 2 heteroatoms. The maximum absolute atomic E-state index is 3.47. The number of hydrogen-bond acceptors (Lipinski definition) is 2. The van der Waals surface area contributed by atoms with Gasteiger partial charge in [-0.1, -0.05) is 12.1 Å². The minimum Gasteiger partial charge on any atom is -0.381 e. The highest BCUT2D eigenvalue weighted by Gasteiger charge is 2.13. The third-order valence-corrected chi connectivity index (χ3v) is 2.26. The Labute approximate surface area is 73.0 Å². The van der Waals surface area contributed by atoms with Crippen molar-refractivity contribution < 1.29 is 0 Å². The predicted octanol–water partition coefficient (Wildman–Crippen LogP) is 2.22. The summed E-state index contributed by atoms with van der Waals surface area (Å²) < 4.78 is 0. The Kier molecular flexibility index (Phi) is 1.68. The van der Waals surface area contributed by atoms with E-state index in [1.165, 1.54) is 16.9 Å². The van der Waals surface area contributed by atoms with Crippen molar-refractivity contribution in [3.05, 3.63) is 23.8 Å². The van der Waals surface area contributed by atoms with Crippen LogP contribution in [-0.4, -0.2) is 12.6 Å². The average Bonchev–Trinajstić information content (AvgIpc) is 2.07. The first-order valence-electron chi connectivity index (χ1n) is 4.37. The zero-order chi connectivity index (χ0) is 8.55. The Morgan fingerprint density at radius 1 is 1.42 bits per heavy atom. The van der Waals surface area contributed by atoms with Crippen molar-refractivity contribution in [1.29, 1.82) is 0 Å². The van der Waals surface area contributed by atoms with Crippen molar-refractivity contribution in [3.8, 4) is 0 Å². The van der Waals surface area contributed by atoms with Crippen LogP contribution in [0.3, 0.4) is 0 Å². The summed E-state index contributed by atoms with van der Waals surface area (Å²) in [5, 5.41) is 6.86. The predicted molar refractivity (Wildman–Crippen MR) is 52.8 cm³/mol. The molecule has 2 nitrogen and oxygen atoms in total. The zero-order valence-electron chi connectivity index (χ0n) is 7.52. The summed E-state index contributed by atoms with van der Waals surface area (Å²) in [6.07, 6.45) is 0. The lowest BCUT2D eigenvalue weighted by atomic mass is 10.1. The smallest absolute Gasteiger partial charge is 0.0608 e. The topological polar surface area (TPSA) is 24.1 Å². The summed E-state index contributed by atoms with van der Waals surface area (Å²) >= 11 is 0. The molecule has 1 aromatic rings. The third kappa shape index (κ3) is 1.13. The number of fused-ring (bicyclic) bond motifs is 1. The molecule has 0 spiro atoms. The van der Waals surface area contributed by atoms with Crippen molar-refractivity contribution in [3.63, 3.8) is 0 Å². The van der Waals surface area contributed by atoms with Crippen LogP contribution in [0.25, 0.3) is 0 Å². The van der Waals surface area contributed by atoms with Gasteiger partial charge in [0.15, 0.2) is 0 Å². The van der Waals surface area contributed by atoms with Crippen LogP contribution in [0.4, 0.5) is 11.4 Å². The zero-order valence-corrected chi connectivity index (χ0v) is 7.52. The van der Waals surface area contributed by atoms with Gasteiger partial charge in [-0.2, -0.15) is 0 Å². The molecule has 1 atom stereocenters. The Balaban J connectivity index is 2.43. The van der Waals surface area contributed by atoms with Crippen LogP contribution in [-0.2, 0) is 0 Å². The van der Waals surface area contributed by atoms with Gasteiger partial charge >= 0.3 is 0 Å². The van der Waals surface area contributed by atoms with E-state index < -0.39 is 0 Å². The van der Waals surface area contributed by atoms with E-state index in [-0.39, 0.29) is 0 Å². The molecule has 2 N–H and O–H groups in total. The van der Waals surface area contributed by atoms with E-state index in [1.54, 1.807) is 0 Å². The molecule has 0 saturated carbocycles. The lowest BCUT2D eigenvalue weighted by Gasteiger charge is -2.26. The molecule has 12 heavy (non-hydrogen) atoms. The van der Waals surface area contributed by atoms with Gasteiger partial charge in [0.05, 0.1) is 11.4 Å². The molecule has 64 valence electrons. The van der Waals surface area contributed by atoms with E-state index in [0.717, 1.165) is 6.54 Å². The first kappa shape index (κ1) is 7.47. The Hall–Kier alpha value is -1.18. The van der Waals surface area contributed by atoms with Gasteiger partial charge < -0.3 is 10.6 Å². The van der Waals surface area contributed by atoms with E-state index in [1.807, 2.05) is 0 Å². The number of benzene rings is 1. The quantitative estimate of drug-likeness (QED) is 0.611. The van der Waals surface area contributed by atoms with Crippen LogP contribution in [0.1, 0.15) is 12.5 Å². The molecule has 0 saturated heterocycles. The standard InChI is InChI=1S/C10H14N2/c1-7-4-3-5-9-10(7)12-8(2)6-11-9/h3-5,8,11-12H,6H2,1-2H3. The molecule has 1 heterocycles. The molecule has 0 fully saturated rings. The summed E-state index contributed by atoms with van der Waals surface area (Å²) in [5.74, 6) is 0. The van der Waals surface area contributed by atoms with Crippen LogP contribution < -0.4 is 10.6 Å². The van der Waals surface area contributed by atoms with Crippen molar-refractivity contribution in [1.82, 2.24) is 0 Å². The van der Waals surface area contributed by atoms with Crippen LogP contribution >= 0.6 is 0 Å². The molecule has 0 aliphatic carbocycles. The highest BCUT2D eigenvalue weighted by atomic mass is 15.1. The number of para-hydroxylation sites is 1. The van der Waals surface area contributed by atoms with Gasteiger partial charge in [-0.3, -0.25) is 0 Å². The van der Waals surface area contributed by atoms with E-state index in [4.69, 9.17) is 0 Å². The SMILES string of the molecule is Cc1cccc2c1NC(C)CN2. The molecular formula is C10H14N2. The Morgan fingerprint density at radius 3 is 3.08 bits per heavy atom. The van der Waals surface area contributed by atoms with E-state index in [2.05, 4.69) is 42.7 Å². The van der Waals surface area contributed by atoms with Crippen molar-refractivity contribution in [2.24, 2.45) is 0 Å². The Morgan fingerprint density at radius 2 is 2.25 bits per heavy atom. The third-order valence-electron chi connectivity index (χ3n) is 2.26. The lowest BCUT2D eigenvalue weighted by molar-refractivity contribution is 0.816. The molecule has 1 aromatic carbocycles. The minimum absolute atomic E-state index is 0.526. The van der Waals surface area contributed by atoms with Crippen molar-refractivity contribution in [2.75, 3.05) is 17.2 Å². The summed E-state index contributed by atoms with van der Waals surface area (Å²) in [7, 11) is 0. The molecule has 1 unspecified atom stereocenters. The fraction of sp³-hybridized carbons (Fsp3) is 0.400. The summed E-state index contributed by atoms with van der Waals surface area (Å²) in [6.45, 7) is 5.32. The maximum atomic E-state index is 3.47. The van der Waals surface area contributed by atoms with Crippen molar-refractivity contribution >= 4 is 11.4 Å². The summed E-state index contributed by atoms with van der Waals surface area (Å²) in [4.78, 5) is 0. The lowest BCUT2D eigenvalue weighted by Crippen LogP contribution is -2.30.